The minimum atomic E-state index is -0.502. The highest BCUT2D eigenvalue weighted by Gasteiger charge is 2.24. The molecule has 0 saturated heterocycles. The Morgan fingerprint density at radius 1 is 1.14 bits per heavy atom. The molecule has 21 heavy (non-hydrogen) atoms. The number of hydrogen-bond donors (Lipinski definition) is 2. The van der Waals surface area contributed by atoms with Crippen molar-refractivity contribution < 1.29 is 14.7 Å². The van der Waals surface area contributed by atoms with Gasteiger partial charge in [0.25, 0.3) is 0 Å². The first kappa shape index (κ1) is 19.7. The first-order chi connectivity index (χ1) is 9.83. The van der Waals surface area contributed by atoms with Crippen molar-refractivity contribution in [1.82, 2.24) is 15.1 Å². The first-order valence-electron chi connectivity index (χ1n) is 7.70. The smallest absolute Gasteiger partial charge is 0.318 e. The number of hydrogen-bond acceptors (Lipinski definition) is 3. The van der Waals surface area contributed by atoms with Gasteiger partial charge in [0.15, 0.2) is 0 Å². The summed E-state index contributed by atoms with van der Waals surface area (Å²) in [6, 6.07) is -0.781. The van der Waals surface area contributed by atoms with Crippen molar-refractivity contribution in [1.29, 1.82) is 0 Å². The summed E-state index contributed by atoms with van der Waals surface area (Å²) < 4.78 is 0. The number of likely N-dealkylation sites (N-methyl/N-ethyl adjacent to an activating group) is 1. The lowest BCUT2D eigenvalue weighted by Gasteiger charge is -2.27. The van der Waals surface area contributed by atoms with Crippen LogP contribution in [0.4, 0.5) is 4.79 Å². The molecule has 0 radical (unpaired) electrons. The summed E-state index contributed by atoms with van der Waals surface area (Å²) in [6.45, 7) is 6.94. The van der Waals surface area contributed by atoms with Gasteiger partial charge in [-0.1, -0.05) is 27.2 Å². The number of aliphatic hydroxyl groups is 1. The summed E-state index contributed by atoms with van der Waals surface area (Å²) in [5, 5.41) is 11.9. The molecule has 6 heteroatoms. The van der Waals surface area contributed by atoms with Crippen molar-refractivity contribution in [3.05, 3.63) is 0 Å². The van der Waals surface area contributed by atoms with Gasteiger partial charge >= 0.3 is 6.03 Å². The van der Waals surface area contributed by atoms with Crippen LogP contribution in [0.3, 0.4) is 0 Å². The molecule has 0 fully saturated rings. The van der Waals surface area contributed by atoms with Crippen molar-refractivity contribution in [2.24, 2.45) is 5.92 Å². The number of urea groups is 1. The number of nitrogens with one attached hydrogen (secondary N) is 1. The van der Waals surface area contributed by atoms with E-state index in [0.29, 0.717) is 18.9 Å². The largest absolute Gasteiger partial charge is 0.395 e. The van der Waals surface area contributed by atoms with E-state index in [0.717, 1.165) is 12.8 Å². The van der Waals surface area contributed by atoms with E-state index in [1.165, 1.54) is 4.90 Å². The fourth-order valence-electron chi connectivity index (χ4n) is 1.95. The lowest BCUT2D eigenvalue weighted by Crippen LogP contribution is -2.51. The van der Waals surface area contributed by atoms with E-state index in [-0.39, 0.29) is 25.1 Å². The van der Waals surface area contributed by atoms with Crippen LogP contribution in [0.25, 0.3) is 0 Å². The fourth-order valence-corrected chi connectivity index (χ4v) is 1.95. The molecule has 2 N–H and O–H groups in total. The zero-order valence-electron chi connectivity index (χ0n) is 14.1. The summed E-state index contributed by atoms with van der Waals surface area (Å²) >= 11 is 0. The molecule has 3 amide bonds. The van der Waals surface area contributed by atoms with Gasteiger partial charge in [-0.3, -0.25) is 4.79 Å². The minimum Gasteiger partial charge on any atom is -0.395 e. The third-order valence-electron chi connectivity index (χ3n) is 3.25. The Hall–Kier alpha value is -1.30. The van der Waals surface area contributed by atoms with Crippen LogP contribution < -0.4 is 5.32 Å². The minimum absolute atomic E-state index is 0.0778. The van der Waals surface area contributed by atoms with Crippen LogP contribution in [-0.2, 0) is 4.79 Å². The maximum absolute atomic E-state index is 12.3. The highest BCUT2D eigenvalue weighted by molar-refractivity contribution is 5.86. The second-order valence-electron chi connectivity index (χ2n) is 5.92. The topological polar surface area (TPSA) is 72.9 Å². The molecular formula is C15H31N3O3. The molecule has 124 valence electrons. The molecule has 0 saturated carbocycles. The van der Waals surface area contributed by atoms with Crippen LogP contribution in [0, 0.1) is 5.92 Å². The number of rotatable bonds is 9. The zero-order chi connectivity index (χ0) is 16.4. The molecule has 0 rings (SSSR count). The molecular weight excluding hydrogens is 270 g/mol. The highest BCUT2D eigenvalue weighted by atomic mass is 16.3. The predicted molar refractivity (Wildman–Crippen MR) is 84.0 cm³/mol. The monoisotopic (exact) mass is 301 g/mol. The van der Waals surface area contributed by atoms with E-state index in [4.69, 9.17) is 5.11 Å². The Labute approximate surface area is 128 Å². The SMILES string of the molecule is CCCC(NC(=O)N(CCO)CCC(C)C)C(=O)N(C)C. The van der Waals surface area contributed by atoms with Crippen molar-refractivity contribution in [2.75, 3.05) is 33.8 Å². The third-order valence-corrected chi connectivity index (χ3v) is 3.25. The molecule has 0 aliphatic carbocycles. The van der Waals surface area contributed by atoms with Gasteiger partial charge in [-0.25, -0.2) is 4.79 Å². The summed E-state index contributed by atoms with van der Waals surface area (Å²) in [6.07, 6.45) is 2.30. The molecule has 0 spiro atoms. The molecule has 0 aromatic carbocycles. The number of carbonyl (C=O) groups excluding carboxylic acids is 2. The van der Waals surface area contributed by atoms with E-state index in [1.54, 1.807) is 19.0 Å². The fraction of sp³-hybridized carbons (Fsp3) is 0.867. The summed E-state index contributed by atoms with van der Waals surface area (Å²) in [7, 11) is 3.36. The normalized spacial score (nSPS) is 12.1. The van der Waals surface area contributed by atoms with Gasteiger partial charge < -0.3 is 20.2 Å². The van der Waals surface area contributed by atoms with E-state index in [9.17, 15) is 9.59 Å². The van der Waals surface area contributed by atoms with Gasteiger partial charge in [-0.15, -0.1) is 0 Å². The highest BCUT2D eigenvalue weighted by Crippen LogP contribution is 2.05. The van der Waals surface area contributed by atoms with Crippen LogP contribution in [0.1, 0.15) is 40.0 Å². The molecule has 0 aliphatic rings. The van der Waals surface area contributed by atoms with E-state index < -0.39 is 6.04 Å². The Bertz CT molecular complexity index is 319. The van der Waals surface area contributed by atoms with Crippen LogP contribution >= 0.6 is 0 Å². The number of aliphatic hydroxyl groups excluding tert-OH is 1. The van der Waals surface area contributed by atoms with Crippen LogP contribution in [0.15, 0.2) is 0 Å². The molecule has 0 heterocycles. The van der Waals surface area contributed by atoms with Crippen LogP contribution in [0.5, 0.6) is 0 Å². The molecule has 1 unspecified atom stereocenters. The Morgan fingerprint density at radius 2 is 1.76 bits per heavy atom. The van der Waals surface area contributed by atoms with Crippen molar-refractivity contribution in [2.45, 2.75) is 46.1 Å². The Kier molecular flexibility index (Phi) is 9.78. The Morgan fingerprint density at radius 3 is 2.19 bits per heavy atom. The predicted octanol–water partition coefficient (Wildman–Crippen LogP) is 1.29. The van der Waals surface area contributed by atoms with E-state index in [2.05, 4.69) is 19.2 Å². The molecule has 0 aliphatic heterocycles. The zero-order valence-corrected chi connectivity index (χ0v) is 14.1. The second-order valence-corrected chi connectivity index (χ2v) is 5.92. The number of amides is 3. The quantitative estimate of drug-likeness (QED) is 0.674. The van der Waals surface area contributed by atoms with Crippen molar-refractivity contribution >= 4 is 11.9 Å². The number of nitrogens with zero attached hydrogens (tertiary/aromatic N) is 2. The Balaban J connectivity index is 4.69. The summed E-state index contributed by atoms with van der Waals surface area (Å²) in [4.78, 5) is 27.4. The maximum Gasteiger partial charge on any atom is 0.318 e. The summed E-state index contributed by atoms with van der Waals surface area (Å²) in [5.41, 5.74) is 0. The van der Waals surface area contributed by atoms with Gasteiger partial charge in [-0.05, 0) is 18.8 Å². The van der Waals surface area contributed by atoms with Gasteiger partial charge in [0.05, 0.1) is 6.61 Å². The molecule has 0 bridgehead atoms. The number of carbonyl (C=O) groups is 2. The summed E-state index contributed by atoms with van der Waals surface area (Å²) in [5.74, 6) is 0.381. The van der Waals surface area contributed by atoms with E-state index in [1.807, 2.05) is 6.92 Å². The average Bonchev–Trinajstić information content (AvgIpc) is 2.41. The molecule has 0 aromatic heterocycles. The van der Waals surface area contributed by atoms with Gasteiger partial charge in [0, 0.05) is 27.2 Å². The third kappa shape index (κ3) is 7.90. The van der Waals surface area contributed by atoms with Crippen LogP contribution in [-0.4, -0.2) is 66.7 Å². The molecule has 1 atom stereocenters. The van der Waals surface area contributed by atoms with Crippen molar-refractivity contribution in [3.8, 4) is 0 Å². The van der Waals surface area contributed by atoms with Gasteiger partial charge in [0.2, 0.25) is 5.91 Å². The standard InChI is InChI=1S/C15H31N3O3/c1-6-7-13(14(20)17(4)5)16-15(21)18(10-11-19)9-8-12(2)3/h12-13,19H,6-11H2,1-5H3,(H,16,21). The maximum atomic E-state index is 12.3. The van der Waals surface area contributed by atoms with Gasteiger partial charge in [0.1, 0.15) is 6.04 Å². The first-order valence-corrected chi connectivity index (χ1v) is 7.70. The van der Waals surface area contributed by atoms with Crippen molar-refractivity contribution in [3.63, 3.8) is 0 Å². The lowest BCUT2D eigenvalue weighted by molar-refractivity contribution is -0.130. The lowest BCUT2D eigenvalue weighted by atomic mass is 10.1. The molecule has 6 nitrogen and oxygen atoms in total. The van der Waals surface area contributed by atoms with Gasteiger partial charge in [-0.2, -0.15) is 0 Å². The molecule has 0 aromatic rings. The van der Waals surface area contributed by atoms with E-state index >= 15 is 0 Å². The van der Waals surface area contributed by atoms with Crippen LogP contribution in [0.2, 0.25) is 0 Å². The average molecular weight is 301 g/mol. The second kappa shape index (κ2) is 10.4.